The van der Waals surface area contributed by atoms with E-state index in [1.807, 2.05) is 17.0 Å². The van der Waals surface area contributed by atoms with Gasteiger partial charge in [0, 0.05) is 18.7 Å². The van der Waals surface area contributed by atoms with E-state index >= 15 is 0 Å². The van der Waals surface area contributed by atoms with E-state index in [2.05, 4.69) is 29.4 Å². The molecule has 1 saturated heterocycles. The Kier molecular flexibility index (Phi) is 7.71. The quantitative estimate of drug-likeness (QED) is 0.489. The third-order valence-electron chi connectivity index (χ3n) is 5.49. The lowest BCUT2D eigenvalue weighted by Crippen LogP contribution is -2.43. The van der Waals surface area contributed by atoms with Gasteiger partial charge in [-0.2, -0.15) is 0 Å². The first kappa shape index (κ1) is 21.7. The van der Waals surface area contributed by atoms with Crippen LogP contribution in [0.15, 0.2) is 53.7 Å². The van der Waals surface area contributed by atoms with Gasteiger partial charge in [-0.1, -0.05) is 35.5 Å². The first-order valence-electron chi connectivity index (χ1n) is 10.3. The number of carbonyl (C=O) groups excluding carboxylic acids is 1. The van der Waals surface area contributed by atoms with Crippen LogP contribution in [-0.4, -0.2) is 50.4 Å². The summed E-state index contributed by atoms with van der Waals surface area (Å²) in [7, 11) is 3.19. The molecule has 1 aliphatic heterocycles. The van der Waals surface area contributed by atoms with Crippen LogP contribution in [0.3, 0.4) is 0 Å². The number of ether oxygens (including phenoxy) is 2. The largest absolute Gasteiger partial charge is 0.497 e. The molecule has 2 aromatic rings. The lowest BCUT2D eigenvalue weighted by molar-refractivity contribution is -0.144. The average Bonchev–Trinajstić information content (AvgIpc) is 2.79. The second kappa shape index (κ2) is 10.7. The van der Waals surface area contributed by atoms with E-state index in [1.54, 1.807) is 33.3 Å². The lowest BCUT2D eigenvalue weighted by Gasteiger charge is -2.33. The molecule has 0 N–H and O–H groups in total. The zero-order chi connectivity index (χ0) is 21.3. The summed E-state index contributed by atoms with van der Waals surface area (Å²) in [6.07, 6.45) is 4.00. The number of likely N-dealkylation sites (tertiary alicyclic amines) is 1. The van der Waals surface area contributed by atoms with E-state index in [0.29, 0.717) is 17.4 Å². The third-order valence-corrected chi connectivity index (χ3v) is 5.49. The normalized spacial score (nSPS) is 15.8. The molecule has 0 aliphatic carbocycles. The molecule has 6 heteroatoms. The molecule has 0 aromatic heterocycles. The zero-order valence-corrected chi connectivity index (χ0v) is 17.9. The summed E-state index contributed by atoms with van der Waals surface area (Å²) < 4.78 is 10.5. The minimum absolute atomic E-state index is 0.0251. The molecule has 6 nitrogen and oxygen atoms in total. The SMILES string of the molecule is COc1ccc(OC)c(/C=N/OC(C)C(=O)N2CCC(Cc3ccccc3)CC2)c1. The van der Waals surface area contributed by atoms with Gasteiger partial charge in [0.15, 0.2) is 0 Å². The molecule has 1 heterocycles. The predicted octanol–water partition coefficient (Wildman–Crippen LogP) is 3.92. The molecule has 1 unspecified atom stereocenters. The van der Waals surface area contributed by atoms with Crippen molar-refractivity contribution in [1.29, 1.82) is 0 Å². The number of oxime groups is 1. The highest BCUT2D eigenvalue weighted by atomic mass is 16.6. The number of benzene rings is 2. The highest BCUT2D eigenvalue weighted by Crippen LogP contribution is 2.23. The van der Waals surface area contributed by atoms with Gasteiger partial charge in [0.25, 0.3) is 5.91 Å². The maximum absolute atomic E-state index is 12.7. The highest BCUT2D eigenvalue weighted by Gasteiger charge is 2.27. The molecule has 1 atom stereocenters. The van der Waals surface area contributed by atoms with Crippen LogP contribution in [0.1, 0.15) is 30.9 Å². The monoisotopic (exact) mass is 410 g/mol. The second-order valence-corrected chi connectivity index (χ2v) is 7.55. The molecule has 1 fully saturated rings. The highest BCUT2D eigenvalue weighted by molar-refractivity contribution is 5.84. The molecule has 30 heavy (non-hydrogen) atoms. The summed E-state index contributed by atoms with van der Waals surface area (Å²) in [5.41, 5.74) is 2.08. The molecule has 1 amide bonds. The molecule has 0 spiro atoms. The topological polar surface area (TPSA) is 60.4 Å². The zero-order valence-electron chi connectivity index (χ0n) is 17.9. The first-order chi connectivity index (χ1) is 14.6. The van der Waals surface area contributed by atoms with Gasteiger partial charge in [0.05, 0.1) is 20.4 Å². The Hall–Kier alpha value is -3.02. The fraction of sp³-hybridized carbons (Fsp3) is 0.417. The fourth-order valence-corrected chi connectivity index (χ4v) is 3.73. The second-order valence-electron chi connectivity index (χ2n) is 7.55. The molecular formula is C24H30N2O4. The van der Waals surface area contributed by atoms with Crippen LogP contribution in [0.4, 0.5) is 0 Å². The van der Waals surface area contributed by atoms with Crippen LogP contribution >= 0.6 is 0 Å². The number of amides is 1. The van der Waals surface area contributed by atoms with Crippen LogP contribution in [0, 0.1) is 5.92 Å². The maximum atomic E-state index is 12.7. The smallest absolute Gasteiger partial charge is 0.266 e. The number of methoxy groups -OCH3 is 2. The van der Waals surface area contributed by atoms with E-state index in [1.165, 1.54) is 11.8 Å². The number of rotatable bonds is 8. The Labute approximate surface area is 178 Å². The lowest BCUT2D eigenvalue weighted by atomic mass is 9.90. The number of nitrogens with zero attached hydrogens (tertiary/aromatic N) is 2. The summed E-state index contributed by atoms with van der Waals surface area (Å²) in [4.78, 5) is 20.0. The number of carbonyl (C=O) groups is 1. The van der Waals surface area contributed by atoms with Gasteiger partial charge in [-0.3, -0.25) is 4.79 Å². The van der Waals surface area contributed by atoms with Gasteiger partial charge in [-0.05, 0) is 55.9 Å². The van der Waals surface area contributed by atoms with E-state index < -0.39 is 6.10 Å². The molecule has 0 radical (unpaired) electrons. The van der Waals surface area contributed by atoms with Gasteiger partial charge in [-0.15, -0.1) is 0 Å². The van der Waals surface area contributed by atoms with Gasteiger partial charge < -0.3 is 19.2 Å². The van der Waals surface area contributed by atoms with Crippen molar-refractivity contribution >= 4 is 12.1 Å². The molecule has 3 rings (SSSR count). The summed E-state index contributed by atoms with van der Waals surface area (Å²) in [5, 5.41) is 4.00. The Morgan fingerprint density at radius 1 is 1.13 bits per heavy atom. The van der Waals surface area contributed by atoms with Crippen LogP contribution in [0.25, 0.3) is 0 Å². The number of piperidine rings is 1. The van der Waals surface area contributed by atoms with Crippen molar-refractivity contribution in [3.63, 3.8) is 0 Å². The molecule has 2 aromatic carbocycles. The van der Waals surface area contributed by atoms with E-state index in [9.17, 15) is 4.79 Å². The molecule has 160 valence electrons. The Morgan fingerprint density at radius 2 is 1.87 bits per heavy atom. The van der Waals surface area contributed by atoms with Crippen molar-refractivity contribution < 1.29 is 19.1 Å². The van der Waals surface area contributed by atoms with Crippen molar-refractivity contribution in [2.75, 3.05) is 27.3 Å². The number of hydrogen-bond donors (Lipinski definition) is 0. The molecule has 0 saturated carbocycles. The van der Waals surface area contributed by atoms with Gasteiger partial charge in [0.1, 0.15) is 11.5 Å². The standard InChI is InChI=1S/C24H30N2O4/c1-18(30-25-17-21-16-22(28-2)9-10-23(21)29-3)24(27)26-13-11-20(12-14-26)15-19-7-5-4-6-8-19/h4-10,16-18,20H,11-15H2,1-3H3/b25-17+. The molecule has 1 aliphatic rings. The maximum Gasteiger partial charge on any atom is 0.266 e. The first-order valence-corrected chi connectivity index (χ1v) is 10.3. The van der Waals surface area contributed by atoms with Gasteiger partial charge >= 0.3 is 0 Å². The Morgan fingerprint density at radius 3 is 2.53 bits per heavy atom. The summed E-state index contributed by atoms with van der Waals surface area (Å²) in [5.74, 6) is 1.94. The minimum Gasteiger partial charge on any atom is -0.497 e. The van der Waals surface area contributed by atoms with Crippen molar-refractivity contribution in [1.82, 2.24) is 4.90 Å². The predicted molar refractivity (Wildman–Crippen MR) is 117 cm³/mol. The van der Waals surface area contributed by atoms with E-state index in [4.69, 9.17) is 14.3 Å². The summed E-state index contributed by atoms with van der Waals surface area (Å²) >= 11 is 0. The van der Waals surface area contributed by atoms with Crippen molar-refractivity contribution in [3.05, 3.63) is 59.7 Å². The van der Waals surface area contributed by atoms with Crippen molar-refractivity contribution in [2.24, 2.45) is 11.1 Å². The Balaban J connectivity index is 1.49. The van der Waals surface area contributed by atoms with Crippen molar-refractivity contribution in [3.8, 4) is 11.5 Å². The van der Waals surface area contributed by atoms with Gasteiger partial charge in [-0.25, -0.2) is 0 Å². The van der Waals surface area contributed by atoms with Crippen molar-refractivity contribution in [2.45, 2.75) is 32.3 Å². The minimum atomic E-state index is -0.636. The van der Waals surface area contributed by atoms with E-state index in [-0.39, 0.29) is 5.91 Å². The Bertz CT molecular complexity index is 846. The van der Waals surface area contributed by atoms with Gasteiger partial charge in [0.2, 0.25) is 6.10 Å². The molecule has 0 bridgehead atoms. The van der Waals surface area contributed by atoms with Crippen LogP contribution < -0.4 is 9.47 Å². The third kappa shape index (κ3) is 5.75. The summed E-state index contributed by atoms with van der Waals surface area (Å²) in [6, 6.07) is 15.9. The molecular weight excluding hydrogens is 380 g/mol. The average molecular weight is 411 g/mol. The fourth-order valence-electron chi connectivity index (χ4n) is 3.73. The number of hydrogen-bond acceptors (Lipinski definition) is 5. The van der Waals surface area contributed by atoms with Crippen LogP contribution in [0.5, 0.6) is 11.5 Å². The van der Waals surface area contributed by atoms with Crippen LogP contribution in [0.2, 0.25) is 0 Å². The van der Waals surface area contributed by atoms with Crippen LogP contribution in [-0.2, 0) is 16.1 Å². The van der Waals surface area contributed by atoms with E-state index in [0.717, 1.165) is 37.9 Å². The summed E-state index contributed by atoms with van der Waals surface area (Å²) in [6.45, 7) is 3.26.